The van der Waals surface area contributed by atoms with Crippen LogP contribution in [-0.4, -0.2) is 6.41 Å². The summed E-state index contributed by atoms with van der Waals surface area (Å²) >= 11 is 16.7. The van der Waals surface area contributed by atoms with Crippen molar-refractivity contribution >= 4 is 141 Å². The molecule has 500 valence electrons. The van der Waals surface area contributed by atoms with Crippen molar-refractivity contribution in [2.75, 3.05) is 0 Å². The SMILES string of the molecule is Brc1ccc([C](=[Zr+2])c2ccc(Br)cc2)cc1.Brc1ccc([C](=[Zr+2])c2ccc(Br)cc2)cc1.CC(C)(C)c1cc2c([c-]c1-c1ccccc1)Cc1cc(-c3ccccc3)c(C(C)(C)C)cc1-2.Cl.Cl.Cl.Cl.[c-]1cccc2c1c1c(c3ccccc32)-c2ccccc2C1.c1cc[cH-]c1.c1cc[cH-]c1. The van der Waals surface area contributed by atoms with Gasteiger partial charge in [0.25, 0.3) is 0 Å². The first-order chi connectivity index (χ1) is 46.4. The first-order valence-corrected chi connectivity index (χ1v) is 37.9. The van der Waals surface area contributed by atoms with Crippen LogP contribution in [-0.2, 0) is 72.1 Å². The van der Waals surface area contributed by atoms with E-state index in [-0.39, 0.29) is 60.5 Å². The second-order valence-electron chi connectivity index (χ2n) is 25.8. The van der Waals surface area contributed by atoms with Crippen molar-refractivity contribution in [1.82, 2.24) is 0 Å². The summed E-state index contributed by atoms with van der Waals surface area (Å²) in [6.45, 7) is 13.9. The zero-order valence-corrected chi connectivity index (χ0v) is 71.0. The molecule has 2 aliphatic rings. The van der Waals surface area contributed by atoms with E-state index in [0.717, 1.165) is 30.7 Å². The molecule has 0 aliphatic heterocycles. The van der Waals surface area contributed by atoms with Gasteiger partial charge in [-0.3, -0.25) is 0 Å². The molecule has 0 amide bonds. The van der Waals surface area contributed by atoms with Crippen LogP contribution < -0.4 is 0 Å². The van der Waals surface area contributed by atoms with Gasteiger partial charge in [0.1, 0.15) is 0 Å². The number of hydrogen-bond donors (Lipinski definition) is 0. The Morgan fingerprint density at radius 3 is 1.23 bits per heavy atom. The average Bonchev–Trinajstić information content (AvgIpc) is 1.55. The van der Waals surface area contributed by atoms with Crippen molar-refractivity contribution in [3.8, 4) is 44.5 Å². The minimum atomic E-state index is 0. The molecule has 10 heteroatoms. The molecule has 0 saturated carbocycles. The molecule has 0 saturated heterocycles. The zero-order chi connectivity index (χ0) is 67.3. The first-order valence-electron chi connectivity index (χ1n) is 32.2. The van der Waals surface area contributed by atoms with E-state index < -0.39 is 0 Å². The molecule has 0 spiro atoms. The minimum Gasteiger partial charge on any atom is -0.214 e. The van der Waals surface area contributed by atoms with Gasteiger partial charge in [0.2, 0.25) is 0 Å². The van der Waals surface area contributed by atoms with Gasteiger partial charge in [-0.25, -0.2) is 24.3 Å². The van der Waals surface area contributed by atoms with Crippen molar-refractivity contribution < 1.29 is 48.5 Å². The molecule has 0 atom stereocenters. The smallest absolute Gasteiger partial charge is 0.0126 e. The third-order valence-electron chi connectivity index (χ3n) is 17.1. The van der Waals surface area contributed by atoms with E-state index in [9.17, 15) is 0 Å². The number of rotatable bonds is 6. The zero-order valence-electron chi connectivity index (χ0n) is 56.4. The van der Waals surface area contributed by atoms with Crippen molar-refractivity contribution in [1.29, 1.82) is 0 Å². The van der Waals surface area contributed by atoms with Gasteiger partial charge in [0.05, 0.1) is 0 Å². The molecular formula is C90H76Br4Cl4Zr2. The van der Waals surface area contributed by atoms with Crippen LogP contribution in [0.25, 0.3) is 66.1 Å². The summed E-state index contributed by atoms with van der Waals surface area (Å²) < 4.78 is 7.25. The molecule has 16 rings (SSSR count). The molecule has 14 aromatic rings. The fraction of sp³-hybridized carbons (Fsp3) is 0.111. The van der Waals surface area contributed by atoms with Crippen molar-refractivity contribution in [3.63, 3.8) is 0 Å². The van der Waals surface area contributed by atoms with Gasteiger partial charge in [-0.05, 0) is 68.0 Å². The molecule has 0 bridgehead atoms. The predicted octanol–water partition coefficient (Wildman–Crippen LogP) is 27.5. The Morgan fingerprint density at radius 1 is 0.370 bits per heavy atom. The minimum absolute atomic E-state index is 0. The fourth-order valence-electron chi connectivity index (χ4n) is 12.3. The van der Waals surface area contributed by atoms with Gasteiger partial charge >= 0.3 is 256 Å². The summed E-state index contributed by atoms with van der Waals surface area (Å²) in [5, 5.41) is 5.30. The largest absolute Gasteiger partial charge is 0.214 e. The Balaban J connectivity index is 0.000000183. The predicted molar refractivity (Wildman–Crippen MR) is 446 cm³/mol. The summed E-state index contributed by atoms with van der Waals surface area (Å²) in [4.78, 5) is 0. The third-order valence-corrected chi connectivity index (χ3v) is 22.0. The monoisotopic (exact) mass is 1790 g/mol. The second-order valence-corrected chi connectivity index (χ2v) is 31.9. The Labute approximate surface area is 680 Å². The molecular weight excluding hydrogens is 1720 g/mol. The molecule has 100 heavy (non-hydrogen) atoms. The maximum atomic E-state index is 3.88. The summed E-state index contributed by atoms with van der Waals surface area (Å²) in [5.41, 5.74) is 24.4. The Hall–Kier alpha value is -5.55. The summed E-state index contributed by atoms with van der Waals surface area (Å²) in [7, 11) is 0. The third kappa shape index (κ3) is 20.7. The molecule has 14 aromatic carbocycles. The topological polar surface area (TPSA) is 0 Å². The quantitative estimate of drug-likeness (QED) is 0.115. The Morgan fingerprint density at radius 2 is 0.780 bits per heavy atom. The summed E-state index contributed by atoms with van der Waals surface area (Å²) in [5.74, 6) is 0. The number of benzene rings is 12. The van der Waals surface area contributed by atoms with E-state index in [0.29, 0.717) is 0 Å². The maximum Gasteiger partial charge on any atom is -0.0126 e. The molecule has 0 N–H and O–H groups in total. The number of halogens is 8. The summed E-state index contributed by atoms with van der Waals surface area (Å²) in [6, 6.07) is 114. The fourth-order valence-corrected chi connectivity index (χ4v) is 15.0. The second kappa shape index (κ2) is 38.3. The normalized spacial score (nSPS) is 11.0. The average molecular weight is 1800 g/mol. The summed E-state index contributed by atoms with van der Waals surface area (Å²) in [6.07, 6.45) is 1.96. The van der Waals surface area contributed by atoms with E-state index >= 15 is 0 Å². The van der Waals surface area contributed by atoms with Gasteiger partial charge < -0.3 is 0 Å². The van der Waals surface area contributed by atoms with Crippen LogP contribution in [0.1, 0.15) is 97.2 Å². The van der Waals surface area contributed by atoms with Gasteiger partial charge in [0, 0.05) is 0 Å². The van der Waals surface area contributed by atoms with Crippen molar-refractivity contribution in [2.45, 2.75) is 65.2 Å². The van der Waals surface area contributed by atoms with E-state index in [1.807, 2.05) is 66.7 Å². The van der Waals surface area contributed by atoms with Gasteiger partial charge in [-0.1, -0.05) is 185 Å². The first kappa shape index (κ1) is 81.7. The molecule has 2 aliphatic carbocycles. The van der Waals surface area contributed by atoms with Gasteiger partial charge in [0.15, 0.2) is 0 Å². The van der Waals surface area contributed by atoms with E-state index in [1.165, 1.54) is 177 Å². The molecule has 0 fully saturated rings. The molecule has 0 aromatic heterocycles. The molecule has 0 heterocycles. The van der Waals surface area contributed by atoms with E-state index in [2.05, 4.69) is 354 Å². The van der Waals surface area contributed by atoms with Crippen LogP contribution in [0.15, 0.2) is 321 Å². The van der Waals surface area contributed by atoms with Gasteiger partial charge in [-0.2, -0.15) is 36.4 Å². The molecule has 0 nitrogen and oxygen atoms in total. The standard InChI is InChI=1S/C33H33.C21H13.2C13H8Br2.2C5H5.4ClH.2Zr/c1-32(2,3)30-20-26-24(18-28(30)22-13-9-7-10-14-22)17-25-19-29(23-15-11-8-12-16-23)31(21-27(25)26)33(4,5)6;1-2-8-15-14(7-1)13-20-18-11-4-3-9-16(18)17-10-5-6-12-19(17)21(15)20;2*14-12-5-1-10(2-6-12)9-11-3-7-13(15)8-4-11;2*1-2-4-5-3-1;;;;;;/h7-16,18,20-21H,17H2,1-6H3;1-10,12H,13H2;2*1-8H;2*1-5H;4*1H;;/q2*-1;;;2*-1;;;;;2*+2. The van der Waals surface area contributed by atoms with Crippen LogP contribution in [0.4, 0.5) is 0 Å². The van der Waals surface area contributed by atoms with E-state index in [1.54, 1.807) is 0 Å². The molecule has 0 radical (unpaired) electrons. The van der Waals surface area contributed by atoms with Crippen molar-refractivity contribution in [2.24, 2.45) is 0 Å². The molecule has 0 unspecified atom stereocenters. The number of hydrogen-bond acceptors (Lipinski definition) is 0. The maximum absolute atomic E-state index is 3.88. The number of fused-ring (bicyclic) bond motifs is 11. The van der Waals surface area contributed by atoms with Crippen LogP contribution in [0.3, 0.4) is 0 Å². The van der Waals surface area contributed by atoms with Crippen molar-refractivity contribution in [3.05, 3.63) is 389 Å². The van der Waals surface area contributed by atoms with E-state index in [4.69, 9.17) is 0 Å². The Kier molecular flexibility index (Phi) is 31.3. The van der Waals surface area contributed by atoms with Crippen LogP contribution in [0.2, 0.25) is 0 Å². The van der Waals surface area contributed by atoms with Crippen LogP contribution in [0.5, 0.6) is 0 Å². The van der Waals surface area contributed by atoms with Crippen LogP contribution in [0, 0.1) is 12.1 Å². The van der Waals surface area contributed by atoms with Gasteiger partial charge in [-0.15, -0.1) is 119 Å². The Bertz CT molecular complexity index is 4570. The van der Waals surface area contributed by atoms with Crippen LogP contribution >= 0.6 is 113 Å².